The van der Waals surface area contributed by atoms with E-state index in [4.69, 9.17) is 4.52 Å². The summed E-state index contributed by atoms with van der Waals surface area (Å²) in [5.41, 5.74) is 2.57. The molecule has 0 spiro atoms. The maximum Gasteiger partial charge on any atom is 0.229 e. The molecule has 2 aliphatic rings. The monoisotopic (exact) mass is 331 g/mol. The topological polar surface area (TPSA) is 91.1 Å². The predicted molar refractivity (Wildman–Crippen MR) is 87.5 cm³/mol. The van der Waals surface area contributed by atoms with Crippen molar-refractivity contribution in [1.82, 2.24) is 25.2 Å². The van der Waals surface area contributed by atoms with E-state index in [2.05, 4.69) is 25.2 Å². The molecule has 0 amide bonds. The number of likely N-dealkylation sites (tertiary alicyclic amines) is 1. The lowest BCUT2D eigenvalue weighted by atomic mass is 9.89. The number of aliphatic hydroxyl groups is 1. The fourth-order valence-electron chi connectivity index (χ4n) is 3.64. The Hall–Kier alpha value is -1.73. The molecular weight excluding hydrogens is 306 g/mol. The second-order valence-electron chi connectivity index (χ2n) is 7.45. The third-order valence-electron chi connectivity index (χ3n) is 5.20. The normalized spacial score (nSPS) is 25.3. The van der Waals surface area contributed by atoms with Crippen LogP contribution in [0.2, 0.25) is 0 Å². The van der Waals surface area contributed by atoms with Crippen molar-refractivity contribution >= 4 is 0 Å². The summed E-state index contributed by atoms with van der Waals surface area (Å²) < 4.78 is 5.36. The lowest BCUT2D eigenvalue weighted by Gasteiger charge is -2.38. The molecule has 1 unspecified atom stereocenters. The first-order valence-electron chi connectivity index (χ1n) is 8.80. The molecule has 1 saturated carbocycles. The van der Waals surface area contributed by atoms with Crippen molar-refractivity contribution in [2.24, 2.45) is 0 Å². The molecule has 1 saturated heterocycles. The molecule has 2 aromatic heterocycles. The van der Waals surface area contributed by atoms with Crippen molar-refractivity contribution in [3.63, 3.8) is 0 Å². The van der Waals surface area contributed by atoms with Crippen LogP contribution in [0.25, 0.3) is 0 Å². The average Bonchev–Trinajstić information content (AvgIpc) is 3.22. The smallest absolute Gasteiger partial charge is 0.229 e. The van der Waals surface area contributed by atoms with E-state index in [1.165, 1.54) is 5.56 Å². The summed E-state index contributed by atoms with van der Waals surface area (Å²) in [5.74, 6) is 1.86. The SMILES string of the molecule is Cc1n[nH]c(C)c1CN1CCCC(O)(Cc2nc(C3CC3)no2)C1. The van der Waals surface area contributed by atoms with Crippen molar-refractivity contribution in [2.45, 2.75) is 64.0 Å². The standard InChI is InChI=1S/C17H25N5O2/c1-11-14(12(2)20-19-11)9-22-7-3-6-17(23,10-22)8-15-18-16(21-24-15)13-4-5-13/h13,23H,3-10H2,1-2H3,(H,19,20). The second-order valence-corrected chi connectivity index (χ2v) is 7.45. The van der Waals surface area contributed by atoms with Crippen molar-refractivity contribution in [1.29, 1.82) is 0 Å². The number of aromatic amines is 1. The maximum atomic E-state index is 11.0. The van der Waals surface area contributed by atoms with Crippen LogP contribution in [0.1, 0.15) is 60.3 Å². The zero-order valence-corrected chi connectivity index (χ0v) is 14.4. The molecule has 2 aromatic rings. The molecule has 7 heteroatoms. The van der Waals surface area contributed by atoms with E-state index in [-0.39, 0.29) is 0 Å². The third-order valence-corrected chi connectivity index (χ3v) is 5.20. The number of nitrogens with zero attached hydrogens (tertiary/aromatic N) is 4. The van der Waals surface area contributed by atoms with Crippen LogP contribution in [0.5, 0.6) is 0 Å². The average molecular weight is 331 g/mol. The lowest BCUT2D eigenvalue weighted by molar-refractivity contribution is -0.0374. The highest BCUT2D eigenvalue weighted by Crippen LogP contribution is 2.38. The van der Waals surface area contributed by atoms with Gasteiger partial charge < -0.3 is 9.63 Å². The number of nitrogens with one attached hydrogen (secondary N) is 1. The van der Waals surface area contributed by atoms with Crippen molar-refractivity contribution in [3.05, 3.63) is 28.7 Å². The van der Waals surface area contributed by atoms with Crippen LogP contribution in [0.15, 0.2) is 4.52 Å². The number of rotatable bonds is 5. The number of aromatic nitrogens is 4. The van der Waals surface area contributed by atoms with E-state index in [9.17, 15) is 5.11 Å². The van der Waals surface area contributed by atoms with E-state index in [0.29, 0.717) is 24.8 Å². The Morgan fingerprint density at radius 1 is 1.38 bits per heavy atom. The zero-order chi connectivity index (χ0) is 16.7. The van der Waals surface area contributed by atoms with Crippen LogP contribution in [0, 0.1) is 13.8 Å². The second kappa shape index (κ2) is 5.97. The van der Waals surface area contributed by atoms with Crippen LogP contribution >= 0.6 is 0 Å². The van der Waals surface area contributed by atoms with Crippen LogP contribution in [0.4, 0.5) is 0 Å². The van der Waals surface area contributed by atoms with Gasteiger partial charge in [0, 0.05) is 30.3 Å². The molecular formula is C17H25N5O2. The number of β-amino-alcohol motifs (C(OH)–C–C–N with tert-alkyl or cyclic N) is 1. The predicted octanol–water partition coefficient (Wildman–Crippen LogP) is 1.86. The molecule has 1 atom stereocenters. The van der Waals surface area contributed by atoms with Gasteiger partial charge in [-0.25, -0.2) is 0 Å². The van der Waals surface area contributed by atoms with E-state index in [0.717, 1.165) is 56.0 Å². The highest BCUT2D eigenvalue weighted by atomic mass is 16.5. The third kappa shape index (κ3) is 3.23. The summed E-state index contributed by atoms with van der Waals surface area (Å²) >= 11 is 0. The van der Waals surface area contributed by atoms with Gasteiger partial charge in [-0.1, -0.05) is 5.16 Å². The Bertz CT molecular complexity index is 701. The Kier molecular flexibility index (Phi) is 3.92. The largest absolute Gasteiger partial charge is 0.388 e. The highest BCUT2D eigenvalue weighted by Gasteiger charge is 2.36. The minimum absolute atomic E-state index is 0.437. The van der Waals surface area contributed by atoms with Gasteiger partial charge in [-0.05, 0) is 46.1 Å². The van der Waals surface area contributed by atoms with Crippen LogP contribution in [-0.4, -0.2) is 49.0 Å². The van der Waals surface area contributed by atoms with E-state index < -0.39 is 5.60 Å². The molecule has 24 heavy (non-hydrogen) atoms. The van der Waals surface area contributed by atoms with Gasteiger partial charge in [-0.3, -0.25) is 10.00 Å². The molecule has 0 bridgehead atoms. The lowest BCUT2D eigenvalue weighted by Crippen LogP contribution is -2.49. The number of H-pyrrole nitrogens is 1. The molecule has 2 N–H and O–H groups in total. The summed E-state index contributed by atoms with van der Waals surface area (Å²) in [4.78, 5) is 6.77. The van der Waals surface area contributed by atoms with Gasteiger partial charge in [-0.2, -0.15) is 10.1 Å². The molecule has 130 valence electrons. The first kappa shape index (κ1) is 15.8. The fourth-order valence-corrected chi connectivity index (χ4v) is 3.64. The van der Waals surface area contributed by atoms with Gasteiger partial charge in [0.2, 0.25) is 5.89 Å². The Balaban J connectivity index is 1.42. The summed E-state index contributed by atoms with van der Waals surface area (Å²) in [7, 11) is 0. The van der Waals surface area contributed by atoms with E-state index in [1.54, 1.807) is 0 Å². The minimum Gasteiger partial charge on any atom is -0.388 e. The highest BCUT2D eigenvalue weighted by molar-refractivity contribution is 5.23. The zero-order valence-electron chi connectivity index (χ0n) is 14.4. The molecule has 1 aliphatic heterocycles. The summed E-state index contributed by atoms with van der Waals surface area (Å²) in [6.45, 7) is 6.49. The molecule has 0 radical (unpaired) electrons. The number of hydrogen-bond acceptors (Lipinski definition) is 6. The minimum atomic E-state index is -0.794. The Labute approximate surface area is 141 Å². The molecule has 0 aromatic carbocycles. The quantitative estimate of drug-likeness (QED) is 0.869. The molecule has 2 fully saturated rings. The Morgan fingerprint density at radius 3 is 2.92 bits per heavy atom. The van der Waals surface area contributed by atoms with Crippen molar-refractivity contribution in [2.75, 3.05) is 13.1 Å². The molecule has 3 heterocycles. The van der Waals surface area contributed by atoms with Gasteiger partial charge in [0.05, 0.1) is 17.7 Å². The molecule has 7 nitrogen and oxygen atoms in total. The van der Waals surface area contributed by atoms with Gasteiger partial charge in [0.25, 0.3) is 0 Å². The first-order chi connectivity index (χ1) is 11.5. The number of hydrogen-bond donors (Lipinski definition) is 2. The van der Waals surface area contributed by atoms with Crippen molar-refractivity contribution in [3.8, 4) is 0 Å². The van der Waals surface area contributed by atoms with Gasteiger partial charge in [0.1, 0.15) is 0 Å². The van der Waals surface area contributed by atoms with Crippen LogP contribution in [0.3, 0.4) is 0 Å². The van der Waals surface area contributed by atoms with Gasteiger partial charge >= 0.3 is 0 Å². The Morgan fingerprint density at radius 2 is 2.21 bits per heavy atom. The van der Waals surface area contributed by atoms with Crippen LogP contribution in [-0.2, 0) is 13.0 Å². The number of piperidine rings is 1. The summed E-state index contributed by atoms with van der Waals surface area (Å²) in [6.07, 6.45) is 4.48. The number of aryl methyl sites for hydroxylation is 2. The summed E-state index contributed by atoms with van der Waals surface area (Å²) in [5, 5.41) is 22.4. The van der Waals surface area contributed by atoms with Gasteiger partial charge in [-0.15, -0.1) is 0 Å². The molecule has 4 rings (SSSR count). The maximum absolute atomic E-state index is 11.0. The van der Waals surface area contributed by atoms with Crippen LogP contribution < -0.4 is 0 Å². The van der Waals surface area contributed by atoms with E-state index in [1.807, 2.05) is 13.8 Å². The van der Waals surface area contributed by atoms with E-state index >= 15 is 0 Å². The van der Waals surface area contributed by atoms with Crippen molar-refractivity contribution < 1.29 is 9.63 Å². The summed E-state index contributed by atoms with van der Waals surface area (Å²) in [6, 6.07) is 0. The molecule has 1 aliphatic carbocycles. The first-order valence-corrected chi connectivity index (χ1v) is 8.80. The fraction of sp³-hybridized carbons (Fsp3) is 0.706. The van der Waals surface area contributed by atoms with Gasteiger partial charge in [0.15, 0.2) is 5.82 Å².